The Labute approximate surface area is 119 Å². The van der Waals surface area contributed by atoms with Crippen LogP contribution in [0.15, 0.2) is 18.3 Å². The smallest absolute Gasteiger partial charge is 0.248 e. The molecule has 1 aliphatic rings. The van der Waals surface area contributed by atoms with Gasteiger partial charge in [0.15, 0.2) is 0 Å². The number of likely N-dealkylation sites (tertiary alicyclic amines) is 1. The summed E-state index contributed by atoms with van der Waals surface area (Å²) < 4.78 is 5.35. The molecule has 6 heteroatoms. The van der Waals surface area contributed by atoms with Gasteiger partial charge in [0.2, 0.25) is 5.91 Å². The first kappa shape index (κ1) is 14.7. The lowest BCUT2D eigenvalue weighted by Gasteiger charge is -2.32. The van der Waals surface area contributed by atoms with E-state index in [4.69, 9.17) is 4.74 Å². The molecular weight excluding hydrogens is 256 g/mol. The van der Waals surface area contributed by atoms with E-state index in [1.807, 2.05) is 30.9 Å². The average Bonchev–Trinajstić information content (AvgIpc) is 2.46. The monoisotopic (exact) mass is 278 g/mol. The Hall–Kier alpha value is -1.69. The van der Waals surface area contributed by atoms with Crippen LogP contribution in [0.5, 0.6) is 0 Å². The van der Waals surface area contributed by atoms with E-state index in [2.05, 4.69) is 15.5 Å². The zero-order valence-electron chi connectivity index (χ0n) is 12.1. The highest BCUT2D eigenvalue weighted by molar-refractivity contribution is 5.77. The number of hydrogen-bond donors (Lipinski definition) is 1. The molecular formula is C14H22N4O2. The standard InChI is InChI=1S/C14H22N4O2/c1-11(2)20-10-14(19)18-8-5-12(6-9-18)16-13-4-3-7-15-17-13/h3-4,7,11-12H,5-6,8-10H2,1-2H3,(H,16,17). The van der Waals surface area contributed by atoms with Gasteiger partial charge in [-0.15, -0.1) is 5.10 Å². The van der Waals surface area contributed by atoms with Crippen molar-refractivity contribution < 1.29 is 9.53 Å². The van der Waals surface area contributed by atoms with Crippen molar-refractivity contribution in [3.05, 3.63) is 18.3 Å². The molecule has 1 fully saturated rings. The number of piperidine rings is 1. The van der Waals surface area contributed by atoms with Gasteiger partial charge in [-0.1, -0.05) is 0 Å². The number of ether oxygens (including phenoxy) is 1. The van der Waals surface area contributed by atoms with Gasteiger partial charge in [-0.2, -0.15) is 5.10 Å². The molecule has 1 N–H and O–H groups in total. The molecule has 1 aliphatic heterocycles. The maximum absolute atomic E-state index is 11.9. The van der Waals surface area contributed by atoms with Crippen LogP contribution in [-0.4, -0.2) is 52.8 Å². The molecule has 2 heterocycles. The molecule has 1 aromatic rings. The molecule has 0 atom stereocenters. The fourth-order valence-corrected chi connectivity index (χ4v) is 2.19. The fraction of sp³-hybridized carbons (Fsp3) is 0.643. The Kier molecular flexibility index (Phi) is 5.29. The molecule has 1 aromatic heterocycles. The van der Waals surface area contributed by atoms with Crippen LogP contribution in [0.4, 0.5) is 5.82 Å². The van der Waals surface area contributed by atoms with Crippen molar-refractivity contribution in [3.8, 4) is 0 Å². The van der Waals surface area contributed by atoms with Crippen molar-refractivity contribution >= 4 is 11.7 Å². The van der Waals surface area contributed by atoms with Crippen molar-refractivity contribution in [1.82, 2.24) is 15.1 Å². The van der Waals surface area contributed by atoms with Crippen LogP contribution in [0.3, 0.4) is 0 Å². The van der Waals surface area contributed by atoms with E-state index in [1.54, 1.807) is 6.20 Å². The number of nitrogens with zero attached hydrogens (tertiary/aromatic N) is 3. The maximum Gasteiger partial charge on any atom is 0.248 e. The summed E-state index contributed by atoms with van der Waals surface area (Å²) in [6.07, 6.45) is 3.59. The number of anilines is 1. The first-order valence-electron chi connectivity index (χ1n) is 7.09. The molecule has 0 aliphatic carbocycles. The third-order valence-corrected chi connectivity index (χ3v) is 3.31. The Morgan fingerprint density at radius 2 is 2.25 bits per heavy atom. The van der Waals surface area contributed by atoms with Crippen LogP contribution < -0.4 is 5.32 Å². The van der Waals surface area contributed by atoms with Gasteiger partial charge in [0, 0.05) is 25.3 Å². The SMILES string of the molecule is CC(C)OCC(=O)N1CCC(Nc2cccnn2)CC1. The molecule has 0 spiro atoms. The molecule has 2 rings (SSSR count). The number of amides is 1. The molecule has 0 radical (unpaired) electrons. The fourth-order valence-electron chi connectivity index (χ4n) is 2.19. The van der Waals surface area contributed by atoms with Crippen LogP contribution in [0, 0.1) is 0 Å². The van der Waals surface area contributed by atoms with Crippen LogP contribution in [0.2, 0.25) is 0 Å². The van der Waals surface area contributed by atoms with Crippen molar-refractivity contribution in [2.24, 2.45) is 0 Å². The van der Waals surface area contributed by atoms with E-state index in [9.17, 15) is 4.79 Å². The topological polar surface area (TPSA) is 67.3 Å². The minimum atomic E-state index is 0.0802. The number of carbonyl (C=O) groups excluding carboxylic acids is 1. The van der Waals surface area contributed by atoms with Gasteiger partial charge in [-0.3, -0.25) is 4.79 Å². The minimum absolute atomic E-state index is 0.0802. The lowest BCUT2D eigenvalue weighted by molar-refractivity contribution is -0.138. The van der Waals surface area contributed by atoms with Gasteiger partial charge < -0.3 is 15.0 Å². The van der Waals surface area contributed by atoms with E-state index in [0.717, 1.165) is 31.7 Å². The molecule has 0 saturated carbocycles. The molecule has 6 nitrogen and oxygen atoms in total. The van der Waals surface area contributed by atoms with E-state index in [1.165, 1.54) is 0 Å². The zero-order valence-corrected chi connectivity index (χ0v) is 12.1. The Morgan fingerprint density at radius 3 is 2.85 bits per heavy atom. The first-order chi connectivity index (χ1) is 9.65. The number of hydrogen-bond acceptors (Lipinski definition) is 5. The van der Waals surface area contributed by atoms with Crippen LogP contribution in [0.1, 0.15) is 26.7 Å². The number of nitrogens with one attached hydrogen (secondary N) is 1. The summed E-state index contributed by atoms with van der Waals surface area (Å²) in [5.74, 6) is 0.872. The predicted molar refractivity (Wildman–Crippen MR) is 76.3 cm³/mol. The largest absolute Gasteiger partial charge is 0.369 e. The lowest BCUT2D eigenvalue weighted by atomic mass is 10.1. The molecule has 0 bridgehead atoms. The van der Waals surface area contributed by atoms with Crippen molar-refractivity contribution in [1.29, 1.82) is 0 Å². The predicted octanol–water partition coefficient (Wildman–Crippen LogP) is 1.30. The maximum atomic E-state index is 11.9. The van der Waals surface area contributed by atoms with E-state index < -0.39 is 0 Å². The molecule has 1 amide bonds. The third-order valence-electron chi connectivity index (χ3n) is 3.31. The highest BCUT2D eigenvalue weighted by Crippen LogP contribution is 2.14. The van der Waals surface area contributed by atoms with E-state index >= 15 is 0 Å². The van der Waals surface area contributed by atoms with Gasteiger partial charge in [0.05, 0.1) is 6.10 Å². The summed E-state index contributed by atoms with van der Waals surface area (Å²) >= 11 is 0. The van der Waals surface area contributed by atoms with Crippen molar-refractivity contribution in [3.63, 3.8) is 0 Å². The number of carbonyl (C=O) groups is 1. The van der Waals surface area contributed by atoms with Gasteiger partial charge in [-0.05, 0) is 38.8 Å². The molecule has 110 valence electrons. The summed E-state index contributed by atoms with van der Waals surface area (Å²) in [6.45, 7) is 5.57. The van der Waals surface area contributed by atoms with Gasteiger partial charge >= 0.3 is 0 Å². The second kappa shape index (κ2) is 7.19. The number of rotatable bonds is 5. The molecule has 1 saturated heterocycles. The van der Waals surface area contributed by atoms with Gasteiger partial charge in [0.25, 0.3) is 0 Å². The Balaban J connectivity index is 1.73. The van der Waals surface area contributed by atoms with Crippen molar-refractivity contribution in [2.75, 3.05) is 25.0 Å². The normalized spacial score (nSPS) is 16.4. The summed E-state index contributed by atoms with van der Waals surface area (Å²) in [5, 5.41) is 11.2. The number of aromatic nitrogens is 2. The molecule has 20 heavy (non-hydrogen) atoms. The second-order valence-corrected chi connectivity index (χ2v) is 5.27. The van der Waals surface area contributed by atoms with Gasteiger partial charge in [-0.25, -0.2) is 0 Å². The summed E-state index contributed by atoms with van der Waals surface area (Å²) in [7, 11) is 0. The first-order valence-corrected chi connectivity index (χ1v) is 7.09. The summed E-state index contributed by atoms with van der Waals surface area (Å²) in [6, 6.07) is 4.11. The average molecular weight is 278 g/mol. The molecule has 0 unspecified atom stereocenters. The van der Waals surface area contributed by atoms with Crippen LogP contribution >= 0.6 is 0 Å². The van der Waals surface area contributed by atoms with Gasteiger partial charge in [0.1, 0.15) is 12.4 Å². The van der Waals surface area contributed by atoms with E-state index in [-0.39, 0.29) is 18.6 Å². The van der Waals surface area contributed by atoms with Crippen LogP contribution in [-0.2, 0) is 9.53 Å². The third kappa shape index (κ3) is 4.45. The highest BCUT2D eigenvalue weighted by atomic mass is 16.5. The summed E-state index contributed by atoms with van der Waals surface area (Å²) in [4.78, 5) is 13.8. The quantitative estimate of drug-likeness (QED) is 0.879. The van der Waals surface area contributed by atoms with E-state index in [0.29, 0.717) is 6.04 Å². The summed E-state index contributed by atoms with van der Waals surface area (Å²) in [5.41, 5.74) is 0. The van der Waals surface area contributed by atoms with Crippen molar-refractivity contribution in [2.45, 2.75) is 38.8 Å². The Bertz CT molecular complexity index is 416. The van der Waals surface area contributed by atoms with Crippen LogP contribution in [0.25, 0.3) is 0 Å². The minimum Gasteiger partial charge on any atom is -0.369 e. The molecule has 0 aromatic carbocycles. The Morgan fingerprint density at radius 1 is 1.50 bits per heavy atom. The highest BCUT2D eigenvalue weighted by Gasteiger charge is 2.23. The second-order valence-electron chi connectivity index (χ2n) is 5.27. The zero-order chi connectivity index (χ0) is 14.4. The lowest BCUT2D eigenvalue weighted by Crippen LogP contribution is -2.44.